The topological polar surface area (TPSA) is 68.9 Å². The van der Waals surface area contributed by atoms with Gasteiger partial charge in [-0.1, -0.05) is 11.6 Å². The van der Waals surface area contributed by atoms with Crippen LogP contribution in [0.5, 0.6) is 0 Å². The lowest BCUT2D eigenvalue weighted by Crippen LogP contribution is -2.11. The Balaban J connectivity index is 3.08. The molecule has 1 rings (SSSR count). The van der Waals surface area contributed by atoms with Crippen LogP contribution in [0.4, 0.5) is 0 Å². The first-order valence-corrected chi connectivity index (χ1v) is 3.10. The van der Waals surface area contributed by atoms with Gasteiger partial charge in [0.15, 0.2) is 10.8 Å². The van der Waals surface area contributed by atoms with Crippen molar-refractivity contribution in [3.05, 3.63) is 10.8 Å². The van der Waals surface area contributed by atoms with Crippen LogP contribution in [0.2, 0.25) is 5.15 Å². The molecule has 0 aliphatic rings. The van der Waals surface area contributed by atoms with E-state index in [1.165, 1.54) is 0 Å². The normalized spacial score (nSPS) is 9.44. The SMILES string of the molecule is NC(=O)c1nsnc1Cl. The number of halogens is 1. The Bertz CT molecular complexity index is 235. The summed E-state index contributed by atoms with van der Waals surface area (Å²) in [4.78, 5) is 10.3. The summed E-state index contributed by atoms with van der Waals surface area (Å²) in [5.41, 5.74) is 4.88. The number of nitrogens with two attached hydrogens (primary N) is 1. The van der Waals surface area contributed by atoms with E-state index in [4.69, 9.17) is 17.3 Å². The van der Waals surface area contributed by atoms with Gasteiger partial charge in [0.2, 0.25) is 0 Å². The van der Waals surface area contributed by atoms with Gasteiger partial charge in [-0.05, 0) is 0 Å². The highest BCUT2D eigenvalue weighted by Gasteiger charge is 2.09. The molecule has 0 spiro atoms. The number of hydrogen-bond acceptors (Lipinski definition) is 4. The van der Waals surface area contributed by atoms with E-state index >= 15 is 0 Å². The number of rotatable bonds is 1. The van der Waals surface area contributed by atoms with Gasteiger partial charge in [0, 0.05) is 0 Å². The van der Waals surface area contributed by atoms with Crippen LogP contribution in [0.25, 0.3) is 0 Å². The average Bonchev–Trinajstić information content (AvgIpc) is 2.13. The van der Waals surface area contributed by atoms with Gasteiger partial charge in [-0.15, -0.1) is 0 Å². The van der Waals surface area contributed by atoms with E-state index < -0.39 is 5.91 Å². The molecule has 2 N–H and O–H groups in total. The molecule has 6 heteroatoms. The van der Waals surface area contributed by atoms with Crippen LogP contribution < -0.4 is 5.73 Å². The van der Waals surface area contributed by atoms with Gasteiger partial charge < -0.3 is 5.73 Å². The molecular formula is C3H2ClN3OS. The summed E-state index contributed by atoms with van der Waals surface area (Å²) in [6, 6.07) is 0. The first kappa shape index (κ1) is 6.44. The fourth-order valence-corrected chi connectivity index (χ4v) is 1.06. The molecule has 1 aromatic rings. The maximum atomic E-state index is 10.3. The van der Waals surface area contributed by atoms with Crippen LogP contribution in [-0.4, -0.2) is 14.7 Å². The first-order valence-electron chi connectivity index (χ1n) is 1.99. The van der Waals surface area contributed by atoms with E-state index in [1.54, 1.807) is 0 Å². The zero-order valence-electron chi connectivity index (χ0n) is 4.17. The number of carbonyl (C=O) groups is 1. The Morgan fingerprint density at radius 1 is 1.67 bits per heavy atom. The van der Waals surface area contributed by atoms with Gasteiger partial charge in [-0.3, -0.25) is 4.79 Å². The zero-order valence-corrected chi connectivity index (χ0v) is 5.74. The molecule has 0 saturated heterocycles. The van der Waals surface area contributed by atoms with Gasteiger partial charge in [0.25, 0.3) is 5.91 Å². The lowest BCUT2D eigenvalue weighted by atomic mass is 10.5. The van der Waals surface area contributed by atoms with Gasteiger partial charge >= 0.3 is 0 Å². The fraction of sp³-hybridized carbons (Fsp3) is 0. The largest absolute Gasteiger partial charge is 0.364 e. The van der Waals surface area contributed by atoms with Crippen LogP contribution in [0.15, 0.2) is 0 Å². The fourth-order valence-electron chi connectivity index (χ4n) is 0.325. The molecule has 0 aliphatic carbocycles. The third-order valence-electron chi connectivity index (χ3n) is 0.682. The molecule has 48 valence electrons. The highest BCUT2D eigenvalue weighted by molar-refractivity contribution is 6.99. The Morgan fingerprint density at radius 3 is 2.56 bits per heavy atom. The molecule has 0 bridgehead atoms. The van der Waals surface area contributed by atoms with Crippen molar-refractivity contribution in [1.82, 2.24) is 8.75 Å². The molecule has 1 aromatic heterocycles. The average molecular weight is 164 g/mol. The van der Waals surface area contributed by atoms with Crippen molar-refractivity contribution in [2.75, 3.05) is 0 Å². The van der Waals surface area contributed by atoms with E-state index in [9.17, 15) is 4.79 Å². The number of aromatic nitrogens is 2. The lowest BCUT2D eigenvalue weighted by molar-refractivity contribution is 0.0996. The Kier molecular flexibility index (Phi) is 1.63. The molecule has 0 radical (unpaired) electrons. The molecule has 0 aromatic carbocycles. The van der Waals surface area contributed by atoms with Crippen molar-refractivity contribution in [1.29, 1.82) is 0 Å². The molecule has 1 amide bonds. The molecule has 0 aliphatic heterocycles. The third-order valence-corrected chi connectivity index (χ3v) is 1.57. The van der Waals surface area contributed by atoms with Crippen LogP contribution in [0.3, 0.4) is 0 Å². The van der Waals surface area contributed by atoms with E-state index in [0.717, 1.165) is 11.7 Å². The molecule has 0 unspecified atom stereocenters. The summed E-state index contributed by atoms with van der Waals surface area (Å²) in [6.45, 7) is 0. The van der Waals surface area contributed by atoms with Crippen LogP contribution >= 0.6 is 23.3 Å². The standard InChI is InChI=1S/C3H2ClN3OS/c4-2-1(3(5)8)6-9-7-2/h(H2,5,8). The number of carbonyl (C=O) groups excluding carboxylic acids is 1. The minimum absolute atomic E-state index is 0.0432. The summed E-state index contributed by atoms with van der Waals surface area (Å²) in [7, 11) is 0. The smallest absolute Gasteiger partial charge is 0.271 e. The van der Waals surface area contributed by atoms with Gasteiger partial charge in [0.05, 0.1) is 11.7 Å². The number of nitrogens with zero attached hydrogens (tertiary/aromatic N) is 2. The Hall–Kier alpha value is -0.680. The summed E-state index contributed by atoms with van der Waals surface area (Å²) in [6.07, 6.45) is 0. The molecule has 1 heterocycles. The van der Waals surface area contributed by atoms with Gasteiger partial charge in [0.1, 0.15) is 0 Å². The third kappa shape index (κ3) is 1.17. The second-order valence-corrected chi connectivity index (χ2v) is 2.15. The van der Waals surface area contributed by atoms with Crippen LogP contribution in [-0.2, 0) is 0 Å². The van der Waals surface area contributed by atoms with Gasteiger partial charge in [-0.2, -0.15) is 8.75 Å². The van der Waals surface area contributed by atoms with Crippen molar-refractivity contribution in [3.63, 3.8) is 0 Å². The number of hydrogen-bond donors (Lipinski definition) is 1. The monoisotopic (exact) mass is 163 g/mol. The minimum Gasteiger partial charge on any atom is -0.364 e. The summed E-state index contributed by atoms with van der Waals surface area (Å²) in [5.74, 6) is -0.645. The van der Waals surface area contributed by atoms with Crippen LogP contribution in [0, 0.1) is 0 Å². The minimum atomic E-state index is -0.645. The second-order valence-electron chi connectivity index (χ2n) is 1.27. The predicted molar refractivity (Wildman–Crippen MR) is 33.4 cm³/mol. The molecule has 0 saturated carbocycles. The van der Waals surface area contributed by atoms with Crippen molar-refractivity contribution in [3.8, 4) is 0 Å². The van der Waals surface area contributed by atoms with E-state index in [2.05, 4.69) is 8.75 Å². The van der Waals surface area contributed by atoms with Crippen molar-refractivity contribution < 1.29 is 4.79 Å². The molecule has 0 fully saturated rings. The molecular weight excluding hydrogens is 162 g/mol. The van der Waals surface area contributed by atoms with Crippen molar-refractivity contribution >= 4 is 29.2 Å². The highest BCUT2D eigenvalue weighted by atomic mass is 35.5. The van der Waals surface area contributed by atoms with Crippen LogP contribution in [0.1, 0.15) is 10.5 Å². The van der Waals surface area contributed by atoms with Gasteiger partial charge in [-0.25, -0.2) is 0 Å². The van der Waals surface area contributed by atoms with E-state index in [-0.39, 0.29) is 10.8 Å². The maximum absolute atomic E-state index is 10.3. The van der Waals surface area contributed by atoms with E-state index in [0.29, 0.717) is 0 Å². The zero-order chi connectivity index (χ0) is 6.85. The quantitative estimate of drug-likeness (QED) is 0.647. The predicted octanol–water partition coefficient (Wildman–Crippen LogP) is 0.290. The Morgan fingerprint density at radius 2 is 2.33 bits per heavy atom. The Labute approximate surface area is 60.0 Å². The lowest BCUT2D eigenvalue weighted by Gasteiger charge is -1.81. The summed E-state index contributed by atoms with van der Waals surface area (Å²) in [5, 5.41) is 0.0764. The maximum Gasteiger partial charge on any atom is 0.271 e. The number of amides is 1. The molecule has 4 nitrogen and oxygen atoms in total. The summed E-state index contributed by atoms with van der Waals surface area (Å²) >= 11 is 6.23. The molecule has 9 heavy (non-hydrogen) atoms. The number of primary amides is 1. The van der Waals surface area contributed by atoms with E-state index in [1.807, 2.05) is 0 Å². The highest BCUT2D eigenvalue weighted by Crippen LogP contribution is 2.10. The molecule has 0 atom stereocenters. The first-order chi connectivity index (χ1) is 4.22. The van der Waals surface area contributed by atoms with Crippen molar-refractivity contribution in [2.45, 2.75) is 0 Å². The second kappa shape index (κ2) is 2.28. The van der Waals surface area contributed by atoms with Crippen molar-refractivity contribution in [2.24, 2.45) is 5.73 Å². The summed E-state index contributed by atoms with van der Waals surface area (Å²) < 4.78 is 7.07.